The maximum absolute atomic E-state index is 11.0. The van der Waals surface area contributed by atoms with Crippen LogP contribution in [0, 0.1) is 10.1 Å². The van der Waals surface area contributed by atoms with Gasteiger partial charge >= 0.3 is 0 Å². The van der Waals surface area contributed by atoms with Crippen molar-refractivity contribution in [2.75, 3.05) is 0 Å². The van der Waals surface area contributed by atoms with Gasteiger partial charge < -0.3 is 0 Å². The number of rotatable bonds is 4. The maximum Gasteiger partial charge on any atom is 0.276 e. The second kappa shape index (κ2) is 6.19. The van der Waals surface area contributed by atoms with E-state index in [1.165, 1.54) is 6.07 Å². The Hall–Kier alpha value is -2.99. The summed E-state index contributed by atoms with van der Waals surface area (Å²) < 4.78 is 0. The summed E-state index contributed by atoms with van der Waals surface area (Å²) in [4.78, 5) is 20.3. The Kier molecular flexibility index (Phi) is 3.93. The van der Waals surface area contributed by atoms with Crippen molar-refractivity contribution in [2.45, 2.75) is 6.23 Å². The minimum Gasteiger partial charge on any atom is -0.258 e. The maximum atomic E-state index is 11.0. The quantitative estimate of drug-likeness (QED) is 0.695. The van der Waals surface area contributed by atoms with E-state index < -0.39 is 11.2 Å². The number of nitro groups is 1. The lowest BCUT2D eigenvalue weighted by molar-refractivity contribution is -0.385. The first-order chi connectivity index (χ1) is 10.7. The molecule has 0 amide bonds. The van der Waals surface area contributed by atoms with Crippen LogP contribution < -0.4 is 5.48 Å². The highest BCUT2D eigenvalue weighted by Crippen LogP contribution is 2.20. The van der Waals surface area contributed by atoms with Crippen LogP contribution in [-0.2, 0) is 4.84 Å². The van der Waals surface area contributed by atoms with E-state index in [1.807, 2.05) is 30.3 Å². The molecular weight excluding hydrogens is 282 g/mol. The minimum atomic E-state index is -0.519. The molecule has 0 radical (unpaired) electrons. The Morgan fingerprint density at radius 3 is 2.64 bits per heavy atom. The van der Waals surface area contributed by atoms with E-state index in [9.17, 15) is 10.1 Å². The molecule has 1 aliphatic rings. The summed E-state index contributed by atoms with van der Waals surface area (Å²) >= 11 is 0. The lowest BCUT2D eigenvalue weighted by Gasteiger charge is -2.00. The fraction of sp³-hybridized carbons (Fsp3) is 0.0625. The zero-order valence-electron chi connectivity index (χ0n) is 11.5. The molecule has 6 nitrogen and oxygen atoms in total. The zero-order valence-corrected chi connectivity index (χ0v) is 11.5. The van der Waals surface area contributed by atoms with Crippen molar-refractivity contribution in [2.24, 2.45) is 4.99 Å². The Balaban J connectivity index is 1.78. The van der Waals surface area contributed by atoms with E-state index in [-0.39, 0.29) is 5.69 Å². The summed E-state index contributed by atoms with van der Waals surface area (Å²) in [6, 6.07) is 16.1. The molecule has 0 aromatic heterocycles. The molecule has 22 heavy (non-hydrogen) atoms. The van der Waals surface area contributed by atoms with E-state index in [2.05, 4.69) is 10.5 Å². The molecule has 0 saturated heterocycles. The molecular formula is C16H13N3O3. The van der Waals surface area contributed by atoms with Gasteiger partial charge in [0.1, 0.15) is 0 Å². The Bertz CT molecular complexity index is 741. The van der Waals surface area contributed by atoms with Gasteiger partial charge in [0.2, 0.25) is 0 Å². The fourth-order valence-electron chi connectivity index (χ4n) is 2.09. The molecule has 2 aromatic carbocycles. The Labute approximate surface area is 126 Å². The summed E-state index contributed by atoms with van der Waals surface area (Å²) in [6.45, 7) is 0. The predicted octanol–water partition coefficient (Wildman–Crippen LogP) is 2.92. The van der Waals surface area contributed by atoms with Crippen LogP contribution in [0.2, 0.25) is 0 Å². The average Bonchev–Trinajstić information content (AvgIpc) is 3.03. The summed E-state index contributed by atoms with van der Waals surface area (Å²) in [5.74, 6) is 0.637. The number of benzene rings is 2. The first-order valence-electron chi connectivity index (χ1n) is 6.70. The van der Waals surface area contributed by atoms with E-state index in [0.29, 0.717) is 11.4 Å². The van der Waals surface area contributed by atoms with Crippen molar-refractivity contribution in [1.82, 2.24) is 5.48 Å². The third-order valence-electron chi connectivity index (χ3n) is 3.15. The molecule has 3 rings (SSSR count). The molecule has 1 heterocycles. The number of amidine groups is 1. The van der Waals surface area contributed by atoms with Gasteiger partial charge in [-0.3, -0.25) is 10.1 Å². The number of nitrogens with one attached hydrogen (secondary N) is 1. The molecule has 0 spiro atoms. The largest absolute Gasteiger partial charge is 0.276 e. The van der Waals surface area contributed by atoms with Gasteiger partial charge in [-0.1, -0.05) is 42.5 Å². The first kappa shape index (κ1) is 14.0. The number of aliphatic imine (C=N–C) groups is 1. The molecule has 1 unspecified atom stereocenters. The van der Waals surface area contributed by atoms with Crippen LogP contribution in [0.5, 0.6) is 0 Å². The van der Waals surface area contributed by atoms with Gasteiger partial charge in [0.15, 0.2) is 12.1 Å². The third kappa shape index (κ3) is 3.02. The molecule has 0 saturated carbocycles. The molecule has 1 N–H and O–H groups in total. The van der Waals surface area contributed by atoms with Crippen LogP contribution in [0.25, 0.3) is 6.08 Å². The second-order valence-corrected chi connectivity index (χ2v) is 4.63. The normalized spacial score (nSPS) is 17.3. The van der Waals surface area contributed by atoms with Crippen molar-refractivity contribution in [1.29, 1.82) is 0 Å². The highest BCUT2D eigenvalue weighted by Gasteiger charge is 2.17. The van der Waals surface area contributed by atoms with Gasteiger partial charge in [-0.2, -0.15) is 0 Å². The van der Waals surface area contributed by atoms with Crippen molar-refractivity contribution in [3.8, 4) is 0 Å². The number of para-hydroxylation sites is 1. The standard InChI is InChI=1S/C16H13N3O3/c20-19(21)14-9-5-4-6-12(14)10-11-15-17-16(18-22-15)13-7-2-1-3-8-13/h1-11,15H,(H,17,18)/b11-10+. The van der Waals surface area contributed by atoms with Crippen molar-refractivity contribution in [3.05, 3.63) is 81.9 Å². The SMILES string of the molecule is O=[N+]([O-])c1ccccc1/C=C/C1N=C(c2ccccc2)NO1. The van der Waals surface area contributed by atoms with Gasteiger partial charge in [-0.05, 0) is 18.2 Å². The smallest absolute Gasteiger partial charge is 0.258 e. The lowest BCUT2D eigenvalue weighted by Crippen LogP contribution is -2.18. The molecule has 0 bridgehead atoms. The highest BCUT2D eigenvalue weighted by atomic mass is 16.7. The number of hydrogen-bond donors (Lipinski definition) is 1. The van der Waals surface area contributed by atoms with Gasteiger partial charge in [0.05, 0.1) is 10.5 Å². The van der Waals surface area contributed by atoms with Gasteiger partial charge in [-0.15, -0.1) is 0 Å². The molecule has 2 aromatic rings. The Morgan fingerprint density at radius 1 is 1.14 bits per heavy atom. The molecule has 0 aliphatic carbocycles. The Morgan fingerprint density at radius 2 is 1.86 bits per heavy atom. The highest BCUT2D eigenvalue weighted by molar-refractivity contribution is 5.98. The molecule has 6 heteroatoms. The molecule has 0 fully saturated rings. The zero-order chi connectivity index (χ0) is 15.4. The van der Waals surface area contributed by atoms with Crippen LogP contribution in [0.1, 0.15) is 11.1 Å². The fourth-order valence-corrected chi connectivity index (χ4v) is 2.09. The van der Waals surface area contributed by atoms with Crippen LogP contribution in [-0.4, -0.2) is 17.0 Å². The van der Waals surface area contributed by atoms with Crippen LogP contribution in [0.4, 0.5) is 5.69 Å². The number of nitro benzene ring substituents is 1. The third-order valence-corrected chi connectivity index (χ3v) is 3.15. The topological polar surface area (TPSA) is 76.8 Å². The van der Waals surface area contributed by atoms with Crippen molar-refractivity contribution >= 4 is 17.6 Å². The summed E-state index contributed by atoms with van der Waals surface area (Å²) in [7, 11) is 0. The van der Waals surface area contributed by atoms with E-state index in [1.54, 1.807) is 30.4 Å². The summed E-state index contributed by atoms with van der Waals surface area (Å²) in [5, 5.41) is 11.0. The molecule has 1 atom stereocenters. The molecule has 110 valence electrons. The summed E-state index contributed by atoms with van der Waals surface area (Å²) in [6.07, 6.45) is 2.79. The van der Waals surface area contributed by atoms with Crippen LogP contribution >= 0.6 is 0 Å². The molecule has 1 aliphatic heterocycles. The number of hydrogen-bond acceptors (Lipinski definition) is 5. The van der Waals surface area contributed by atoms with Crippen molar-refractivity contribution < 1.29 is 9.76 Å². The predicted molar refractivity (Wildman–Crippen MR) is 83.1 cm³/mol. The van der Waals surface area contributed by atoms with Crippen LogP contribution in [0.15, 0.2) is 65.7 Å². The van der Waals surface area contributed by atoms with E-state index in [0.717, 1.165) is 5.56 Å². The second-order valence-electron chi connectivity index (χ2n) is 4.63. The van der Waals surface area contributed by atoms with Gasteiger partial charge in [-0.25, -0.2) is 15.3 Å². The van der Waals surface area contributed by atoms with Crippen LogP contribution in [0.3, 0.4) is 0 Å². The van der Waals surface area contributed by atoms with E-state index >= 15 is 0 Å². The first-order valence-corrected chi connectivity index (χ1v) is 6.70. The minimum absolute atomic E-state index is 0.0527. The average molecular weight is 295 g/mol. The number of nitrogens with zero attached hydrogens (tertiary/aromatic N) is 2. The number of hydroxylamine groups is 1. The van der Waals surface area contributed by atoms with E-state index in [4.69, 9.17) is 4.84 Å². The van der Waals surface area contributed by atoms with Gasteiger partial charge in [0.25, 0.3) is 5.69 Å². The van der Waals surface area contributed by atoms with Gasteiger partial charge in [0, 0.05) is 11.6 Å². The summed E-state index contributed by atoms with van der Waals surface area (Å²) in [5.41, 5.74) is 4.25. The monoisotopic (exact) mass is 295 g/mol. The lowest BCUT2D eigenvalue weighted by atomic mass is 10.1. The van der Waals surface area contributed by atoms with Crippen molar-refractivity contribution in [3.63, 3.8) is 0 Å².